The van der Waals surface area contributed by atoms with Crippen molar-refractivity contribution in [3.05, 3.63) is 63.8 Å². The number of carbonyl (C=O) groups excluding carboxylic acids is 2. The van der Waals surface area contributed by atoms with Gasteiger partial charge in [0.1, 0.15) is 11.0 Å². The molecule has 0 bridgehead atoms. The zero-order valence-electron chi connectivity index (χ0n) is 17.2. The minimum Gasteiger partial charge on any atom is -0.420 e. The second-order valence-corrected chi connectivity index (χ2v) is 8.55. The molecule has 0 aliphatic carbocycles. The number of ether oxygens (including phenoxy) is 1. The number of rotatable bonds is 2. The number of benzene rings is 1. The van der Waals surface area contributed by atoms with E-state index in [1.807, 2.05) is 7.05 Å². The average Bonchev–Trinajstić information content (AvgIpc) is 3.06. The van der Waals surface area contributed by atoms with Gasteiger partial charge in [0.15, 0.2) is 5.65 Å². The molecule has 1 saturated heterocycles. The molecule has 2 aromatic heterocycles. The number of amides is 2. The van der Waals surface area contributed by atoms with Crippen LogP contribution in [0.15, 0.2) is 42.5 Å². The number of fused-ring (bicyclic) bond motifs is 2. The standard InChI is InChI=1S/C22H19Cl2N5O3/c1-27-9-11-28(12-10-27)22(31)32-21-18-14(3-2-4-15(18)23)20(30)29(21)17-8-6-13-5-7-16(24)25-19(13)26-17/h2-8,21H,9-12H2,1H3. The Morgan fingerprint density at radius 1 is 1.03 bits per heavy atom. The van der Waals surface area contributed by atoms with Crippen molar-refractivity contribution in [1.29, 1.82) is 0 Å². The molecule has 1 atom stereocenters. The smallest absolute Gasteiger partial charge is 0.412 e. The number of piperazine rings is 1. The molecule has 1 unspecified atom stereocenters. The van der Waals surface area contributed by atoms with Crippen molar-refractivity contribution < 1.29 is 14.3 Å². The summed E-state index contributed by atoms with van der Waals surface area (Å²) in [5, 5.41) is 1.40. The van der Waals surface area contributed by atoms with Gasteiger partial charge in [-0.1, -0.05) is 29.3 Å². The van der Waals surface area contributed by atoms with Crippen molar-refractivity contribution in [2.45, 2.75) is 6.23 Å². The summed E-state index contributed by atoms with van der Waals surface area (Å²) in [7, 11) is 2.00. The molecular formula is C22H19Cl2N5O3. The van der Waals surface area contributed by atoms with Gasteiger partial charge in [0, 0.05) is 37.1 Å². The highest BCUT2D eigenvalue weighted by molar-refractivity contribution is 6.32. The van der Waals surface area contributed by atoms with Crippen LogP contribution >= 0.6 is 23.2 Å². The highest BCUT2D eigenvalue weighted by atomic mass is 35.5. The molecule has 2 amide bonds. The summed E-state index contributed by atoms with van der Waals surface area (Å²) in [6.07, 6.45) is -1.54. The van der Waals surface area contributed by atoms with E-state index in [0.29, 0.717) is 45.9 Å². The van der Waals surface area contributed by atoms with Crippen molar-refractivity contribution in [1.82, 2.24) is 19.8 Å². The second-order valence-electron chi connectivity index (χ2n) is 7.75. The van der Waals surface area contributed by atoms with Gasteiger partial charge in [-0.3, -0.25) is 9.69 Å². The van der Waals surface area contributed by atoms with Gasteiger partial charge in [0.2, 0.25) is 6.23 Å². The first-order valence-corrected chi connectivity index (χ1v) is 10.9. The molecule has 0 N–H and O–H groups in total. The predicted octanol–water partition coefficient (Wildman–Crippen LogP) is 3.98. The van der Waals surface area contributed by atoms with Crippen LogP contribution in [0.3, 0.4) is 0 Å². The van der Waals surface area contributed by atoms with Gasteiger partial charge in [-0.15, -0.1) is 0 Å². The molecule has 32 heavy (non-hydrogen) atoms. The van der Waals surface area contributed by atoms with E-state index in [2.05, 4.69) is 14.9 Å². The summed E-state index contributed by atoms with van der Waals surface area (Å²) < 4.78 is 5.87. The number of aromatic nitrogens is 2. The molecule has 0 spiro atoms. The fraction of sp³-hybridized carbons (Fsp3) is 0.273. The largest absolute Gasteiger partial charge is 0.420 e. The van der Waals surface area contributed by atoms with Crippen LogP contribution in [0.2, 0.25) is 10.2 Å². The molecule has 0 radical (unpaired) electrons. The van der Waals surface area contributed by atoms with E-state index >= 15 is 0 Å². The lowest BCUT2D eigenvalue weighted by molar-refractivity contribution is 0.0489. The van der Waals surface area contributed by atoms with E-state index in [9.17, 15) is 9.59 Å². The monoisotopic (exact) mass is 471 g/mol. The first kappa shape index (κ1) is 20.9. The van der Waals surface area contributed by atoms with Crippen LogP contribution in [0.25, 0.3) is 11.0 Å². The number of hydrogen-bond acceptors (Lipinski definition) is 6. The van der Waals surface area contributed by atoms with E-state index < -0.39 is 12.3 Å². The molecule has 4 heterocycles. The van der Waals surface area contributed by atoms with Crippen molar-refractivity contribution in [2.24, 2.45) is 0 Å². The van der Waals surface area contributed by atoms with E-state index in [1.54, 1.807) is 47.4 Å². The maximum Gasteiger partial charge on any atom is 0.412 e. The average molecular weight is 472 g/mol. The lowest BCUT2D eigenvalue weighted by Crippen LogP contribution is -2.48. The Kier molecular flexibility index (Phi) is 5.36. The van der Waals surface area contributed by atoms with Crippen LogP contribution in [0.4, 0.5) is 10.6 Å². The van der Waals surface area contributed by atoms with Gasteiger partial charge in [0.25, 0.3) is 5.91 Å². The summed E-state index contributed by atoms with van der Waals surface area (Å²) in [5.74, 6) is -0.0618. The van der Waals surface area contributed by atoms with E-state index in [-0.39, 0.29) is 5.91 Å². The van der Waals surface area contributed by atoms with E-state index in [1.165, 1.54) is 4.90 Å². The van der Waals surface area contributed by atoms with Gasteiger partial charge < -0.3 is 14.5 Å². The van der Waals surface area contributed by atoms with E-state index in [0.717, 1.165) is 18.5 Å². The van der Waals surface area contributed by atoms with Crippen LogP contribution in [-0.4, -0.2) is 65.0 Å². The van der Waals surface area contributed by atoms with E-state index in [4.69, 9.17) is 27.9 Å². The molecule has 164 valence electrons. The fourth-order valence-corrected chi connectivity index (χ4v) is 4.35. The molecule has 3 aromatic rings. The topological polar surface area (TPSA) is 78.9 Å². The zero-order valence-corrected chi connectivity index (χ0v) is 18.7. The van der Waals surface area contributed by atoms with Gasteiger partial charge in [-0.2, -0.15) is 0 Å². The molecule has 10 heteroatoms. The van der Waals surface area contributed by atoms with Crippen LogP contribution in [-0.2, 0) is 4.74 Å². The summed E-state index contributed by atoms with van der Waals surface area (Å²) in [5.41, 5.74) is 1.20. The normalized spacial score (nSPS) is 18.8. The maximum absolute atomic E-state index is 13.3. The third-order valence-electron chi connectivity index (χ3n) is 5.71. The van der Waals surface area contributed by atoms with Gasteiger partial charge in [-0.05, 0) is 43.4 Å². The number of likely N-dealkylation sites (N-methyl/N-ethyl adjacent to an activating group) is 1. The first-order chi connectivity index (χ1) is 15.4. The van der Waals surface area contributed by atoms with Gasteiger partial charge >= 0.3 is 6.09 Å². The molecular weight excluding hydrogens is 453 g/mol. The number of anilines is 1. The maximum atomic E-state index is 13.3. The molecule has 2 aliphatic heterocycles. The first-order valence-electron chi connectivity index (χ1n) is 10.1. The highest BCUT2D eigenvalue weighted by Gasteiger charge is 2.43. The molecule has 0 saturated carbocycles. The molecule has 8 nitrogen and oxygen atoms in total. The van der Waals surface area contributed by atoms with Crippen molar-refractivity contribution in [2.75, 3.05) is 38.1 Å². The van der Waals surface area contributed by atoms with Gasteiger partial charge in [0.05, 0.1) is 10.6 Å². The zero-order chi connectivity index (χ0) is 22.4. The van der Waals surface area contributed by atoms with Crippen molar-refractivity contribution in [3.8, 4) is 0 Å². The Labute approximate surface area is 194 Å². The molecule has 5 rings (SSSR count). The van der Waals surface area contributed by atoms with Crippen molar-refractivity contribution in [3.63, 3.8) is 0 Å². The lowest BCUT2D eigenvalue weighted by atomic mass is 10.1. The quantitative estimate of drug-likeness (QED) is 0.525. The Balaban J connectivity index is 1.54. The number of hydrogen-bond donors (Lipinski definition) is 0. The lowest BCUT2D eigenvalue weighted by Gasteiger charge is -2.33. The number of nitrogens with zero attached hydrogens (tertiary/aromatic N) is 5. The predicted molar refractivity (Wildman–Crippen MR) is 121 cm³/mol. The van der Waals surface area contributed by atoms with Gasteiger partial charge in [-0.25, -0.2) is 14.8 Å². The Morgan fingerprint density at radius 3 is 2.56 bits per heavy atom. The van der Waals surface area contributed by atoms with Crippen LogP contribution in [0.1, 0.15) is 22.1 Å². The minimum absolute atomic E-state index is 0.291. The summed E-state index contributed by atoms with van der Waals surface area (Å²) >= 11 is 12.5. The Bertz CT molecular complexity index is 1230. The Morgan fingerprint density at radius 2 is 1.78 bits per heavy atom. The molecule has 1 fully saturated rings. The SMILES string of the molecule is CN1CCN(C(=O)OC2c3c(Cl)cccc3C(=O)N2c2ccc3ccc(Cl)nc3n2)CC1. The molecule has 2 aliphatic rings. The number of halogens is 2. The molecule has 1 aromatic carbocycles. The fourth-order valence-electron chi connectivity index (χ4n) is 3.93. The Hall–Kier alpha value is -2.94. The number of pyridine rings is 2. The van der Waals surface area contributed by atoms with Crippen molar-refractivity contribution >= 4 is 52.1 Å². The third kappa shape index (κ3) is 3.64. The van der Waals surface area contributed by atoms with Crippen LogP contribution in [0.5, 0.6) is 0 Å². The highest BCUT2D eigenvalue weighted by Crippen LogP contribution is 2.41. The third-order valence-corrected chi connectivity index (χ3v) is 6.25. The number of carbonyl (C=O) groups is 2. The summed E-state index contributed by atoms with van der Waals surface area (Å²) in [4.78, 5) is 40.2. The van der Waals surface area contributed by atoms with Crippen LogP contribution < -0.4 is 4.90 Å². The minimum atomic E-state index is -1.04. The summed E-state index contributed by atoms with van der Waals surface area (Å²) in [6.45, 7) is 2.58. The summed E-state index contributed by atoms with van der Waals surface area (Å²) in [6, 6.07) is 12.0. The van der Waals surface area contributed by atoms with Crippen LogP contribution in [0, 0.1) is 0 Å². The second kappa shape index (κ2) is 8.20.